The van der Waals surface area contributed by atoms with Crippen molar-refractivity contribution >= 4 is 0 Å². The Kier molecular flexibility index (Phi) is 3.43. The van der Waals surface area contributed by atoms with Crippen LogP contribution in [-0.4, -0.2) is 5.11 Å². The van der Waals surface area contributed by atoms with Gasteiger partial charge in [-0.1, -0.05) is 29.3 Å². The summed E-state index contributed by atoms with van der Waals surface area (Å²) < 4.78 is 26.7. The van der Waals surface area contributed by atoms with Crippen LogP contribution in [0.15, 0.2) is 36.4 Å². The topological polar surface area (TPSA) is 20.2 Å². The minimum atomic E-state index is -1.15. The molecule has 0 radical (unpaired) electrons. The largest absolute Gasteiger partial charge is 0.384 e. The first kappa shape index (κ1) is 12.7. The minimum Gasteiger partial charge on any atom is -0.384 e. The molecule has 0 aliphatic rings. The second-order valence-electron chi connectivity index (χ2n) is 4.49. The lowest BCUT2D eigenvalue weighted by molar-refractivity contribution is 0.214. The van der Waals surface area contributed by atoms with Crippen molar-refractivity contribution in [3.05, 3.63) is 70.3 Å². The first-order chi connectivity index (χ1) is 8.47. The fraction of sp³-hybridized carbons (Fsp3) is 0.200. The molecule has 0 saturated carbocycles. The highest BCUT2D eigenvalue weighted by molar-refractivity contribution is 5.36. The number of rotatable bonds is 2. The normalized spacial score (nSPS) is 12.5. The van der Waals surface area contributed by atoms with Gasteiger partial charge in [-0.3, -0.25) is 0 Å². The number of aliphatic hydroxyl groups excluding tert-OH is 1. The van der Waals surface area contributed by atoms with E-state index in [4.69, 9.17) is 0 Å². The van der Waals surface area contributed by atoms with E-state index in [2.05, 4.69) is 0 Å². The summed E-state index contributed by atoms with van der Waals surface area (Å²) in [5, 5.41) is 10.1. The summed E-state index contributed by atoms with van der Waals surface area (Å²) in [5.41, 5.74) is 2.47. The molecule has 18 heavy (non-hydrogen) atoms. The van der Waals surface area contributed by atoms with Crippen molar-refractivity contribution in [2.75, 3.05) is 0 Å². The summed E-state index contributed by atoms with van der Waals surface area (Å²) >= 11 is 0. The van der Waals surface area contributed by atoms with Crippen LogP contribution in [0.2, 0.25) is 0 Å². The Morgan fingerprint density at radius 3 is 2.17 bits per heavy atom. The molecule has 1 N–H and O–H groups in total. The lowest BCUT2D eigenvalue weighted by atomic mass is 9.97. The number of hydrogen-bond donors (Lipinski definition) is 1. The third-order valence-corrected chi connectivity index (χ3v) is 2.81. The monoisotopic (exact) mass is 248 g/mol. The highest BCUT2D eigenvalue weighted by Gasteiger charge is 2.16. The number of benzene rings is 2. The molecule has 0 amide bonds. The lowest BCUT2D eigenvalue weighted by Crippen LogP contribution is -2.04. The summed E-state index contributed by atoms with van der Waals surface area (Å²) in [5.74, 6) is -1.17. The van der Waals surface area contributed by atoms with E-state index in [1.54, 1.807) is 12.1 Å². The van der Waals surface area contributed by atoms with E-state index in [1.165, 1.54) is 0 Å². The molecule has 0 aliphatic carbocycles. The van der Waals surface area contributed by atoms with E-state index >= 15 is 0 Å². The number of hydrogen-bond acceptors (Lipinski definition) is 1. The summed E-state index contributed by atoms with van der Waals surface area (Å²) in [7, 11) is 0. The van der Waals surface area contributed by atoms with Gasteiger partial charge in [0.15, 0.2) is 0 Å². The van der Waals surface area contributed by atoms with Crippen LogP contribution in [0.1, 0.15) is 28.4 Å². The minimum absolute atomic E-state index is 0.0417. The van der Waals surface area contributed by atoms with Gasteiger partial charge in [-0.2, -0.15) is 0 Å². The molecule has 0 bridgehead atoms. The molecule has 3 heteroatoms. The average Bonchev–Trinajstić information content (AvgIpc) is 2.30. The summed E-state index contributed by atoms with van der Waals surface area (Å²) in [6.45, 7) is 3.79. The van der Waals surface area contributed by atoms with Crippen LogP contribution in [-0.2, 0) is 0 Å². The molecule has 2 rings (SSSR count). The van der Waals surface area contributed by atoms with Crippen LogP contribution in [0.3, 0.4) is 0 Å². The van der Waals surface area contributed by atoms with Crippen molar-refractivity contribution in [1.29, 1.82) is 0 Å². The molecule has 0 aliphatic heterocycles. The van der Waals surface area contributed by atoms with Crippen LogP contribution in [0.5, 0.6) is 0 Å². The Balaban J connectivity index is 2.47. The maximum absolute atomic E-state index is 13.6. The van der Waals surface area contributed by atoms with Crippen LogP contribution >= 0.6 is 0 Å². The van der Waals surface area contributed by atoms with Gasteiger partial charge in [0.2, 0.25) is 0 Å². The standard InChI is InChI=1S/C15H14F2O/c1-9-5-10(2)7-11(6-9)15(18)13-8-12(16)3-4-14(13)17/h3-8,15,18H,1-2H3. The van der Waals surface area contributed by atoms with E-state index in [0.29, 0.717) is 5.56 Å². The van der Waals surface area contributed by atoms with E-state index in [0.717, 1.165) is 29.3 Å². The van der Waals surface area contributed by atoms with Crippen molar-refractivity contribution in [2.45, 2.75) is 20.0 Å². The predicted molar refractivity (Wildman–Crippen MR) is 66.3 cm³/mol. The van der Waals surface area contributed by atoms with Gasteiger partial charge in [-0.25, -0.2) is 8.78 Å². The molecule has 0 aromatic heterocycles. The van der Waals surface area contributed by atoms with Crippen LogP contribution in [0, 0.1) is 25.5 Å². The van der Waals surface area contributed by atoms with E-state index < -0.39 is 17.7 Å². The van der Waals surface area contributed by atoms with Crippen molar-refractivity contribution < 1.29 is 13.9 Å². The first-order valence-electron chi connectivity index (χ1n) is 5.68. The van der Waals surface area contributed by atoms with Crippen molar-refractivity contribution in [3.8, 4) is 0 Å². The van der Waals surface area contributed by atoms with Gasteiger partial charge in [-0.05, 0) is 37.6 Å². The van der Waals surface area contributed by atoms with Crippen LogP contribution < -0.4 is 0 Å². The highest BCUT2D eigenvalue weighted by Crippen LogP contribution is 2.26. The average molecular weight is 248 g/mol. The van der Waals surface area contributed by atoms with Gasteiger partial charge in [0.1, 0.15) is 17.7 Å². The van der Waals surface area contributed by atoms with Gasteiger partial charge >= 0.3 is 0 Å². The maximum Gasteiger partial charge on any atom is 0.129 e. The Morgan fingerprint density at radius 2 is 1.56 bits per heavy atom. The summed E-state index contributed by atoms with van der Waals surface area (Å²) in [6, 6.07) is 8.57. The maximum atomic E-state index is 13.6. The van der Waals surface area contributed by atoms with Gasteiger partial charge < -0.3 is 5.11 Å². The quantitative estimate of drug-likeness (QED) is 0.859. The molecule has 1 nitrogen and oxygen atoms in total. The second kappa shape index (κ2) is 4.86. The predicted octanol–water partition coefficient (Wildman–Crippen LogP) is 3.66. The molecule has 0 saturated heterocycles. The fourth-order valence-electron chi connectivity index (χ4n) is 2.07. The van der Waals surface area contributed by atoms with Crippen LogP contribution in [0.4, 0.5) is 8.78 Å². The van der Waals surface area contributed by atoms with Gasteiger partial charge in [0.05, 0.1) is 0 Å². The molecule has 2 aromatic rings. The SMILES string of the molecule is Cc1cc(C)cc(C(O)c2cc(F)ccc2F)c1. The summed E-state index contributed by atoms with van der Waals surface area (Å²) in [4.78, 5) is 0. The Morgan fingerprint density at radius 1 is 0.944 bits per heavy atom. The van der Waals surface area contributed by atoms with Gasteiger partial charge in [0, 0.05) is 5.56 Å². The highest BCUT2D eigenvalue weighted by atomic mass is 19.1. The number of aryl methyl sites for hydroxylation is 2. The van der Waals surface area contributed by atoms with E-state index in [1.807, 2.05) is 19.9 Å². The zero-order valence-corrected chi connectivity index (χ0v) is 10.2. The first-order valence-corrected chi connectivity index (χ1v) is 5.68. The number of halogens is 2. The molecule has 1 unspecified atom stereocenters. The summed E-state index contributed by atoms with van der Waals surface area (Å²) in [6.07, 6.45) is -1.15. The van der Waals surface area contributed by atoms with Crippen LogP contribution in [0.25, 0.3) is 0 Å². The molecule has 2 aromatic carbocycles. The fourth-order valence-corrected chi connectivity index (χ4v) is 2.07. The lowest BCUT2D eigenvalue weighted by Gasteiger charge is -2.14. The molecule has 94 valence electrons. The third-order valence-electron chi connectivity index (χ3n) is 2.81. The third kappa shape index (κ3) is 2.57. The van der Waals surface area contributed by atoms with Crippen molar-refractivity contribution in [2.24, 2.45) is 0 Å². The van der Waals surface area contributed by atoms with Gasteiger partial charge in [-0.15, -0.1) is 0 Å². The van der Waals surface area contributed by atoms with Crippen molar-refractivity contribution in [1.82, 2.24) is 0 Å². The zero-order valence-electron chi connectivity index (χ0n) is 10.2. The van der Waals surface area contributed by atoms with E-state index in [9.17, 15) is 13.9 Å². The molecule has 1 atom stereocenters. The Bertz CT molecular complexity index is 558. The molecular formula is C15H14F2O. The van der Waals surface area contributed by atoms with Gasteiger partial charge in [0.25, 0.3) is 0 Å². The molecule has 0 heterocycles. The Hall–Kier alpha value is -1.74. The van der Waals surface area contributed by atoms with E-state index in [-0.39, 0.29) is 5.56 Å². The molecule has 0 fully saturated rings. The zero-order chi connectivity index (χ0) is 13.3. The van der Waals surface area contributed by atoms with Crippen molar-refractivity contribution in [3.63, 3.8) is 0 Å². The molecule has 0 spiro atoms. The molecular weight excluding hydrogens is 234 g/mol. The smallest absolute Gasteiger partial charge is 0.129 e. The second-order valence-corrected chi connectivity index (χ2v) is 4.49. The number of aliphatic hydroxyl groups is 1. The Labute approximate surface area is 105 Å².